The number of halogens is 1. The van der Waals surface area contributed by atoms with Crippen LogP contribution >= 0.6 is 0 Å². The van der Waals surface area contributed by atoms with Crippen molar-refractivity contribution < 1.29 is 9.13 Å². The van der Waals surface area contributed by atoms with Gasteiger partial charge in [0.05, 0.1) is 24.8 Å². The largest absolute Gasteiger partial charge is 0.496 e. The van der Waals surface area contributed by atoms with Crippen molar-refractivity contribution in [2.75, 3.05) is 7.11 Å². The highest BCUT2D eigenvalue weighted by molar-refractivity contribution is 5.69. The molecule has 90 valence electrons. The summed E-state index contributed by atoms with van der Waals surface area (Å²) >= 11 is 0. The predicted molar refractivity (Wildman–Crippen MR) is 63.0 cm³/mol. The van der Waals surface area contributed by atoms with Crippen LogP contribution < -0.4 is 10.5 Å². The Hall–Kier alpha value is -1.88. The average molecular weight is 235 g/mol. The minimum Gasteiger partial charge on any atom is -0.496 e. The lowest BCUT2D eigenvalue weighted by Gasteiger charge is -2.08. The maximum Gasteiger partial charge on any atom is 0.128 e. The number of hydrogen-bond donors (Lipinski definition) is 1. The number of ether oxygens (including phenoxy) is 1. The van der Waals surface area contributed by atoms with Crippen molar-refractivity contribution in [3.05, 3.63) is 36.0 Å². The lowest BCUT2D eigenvalue weighted by Crippen LogP contribution is -2.04. The van der Waals surface area contributed by atoms with Crippen LogP contribution in [0.3, 0.4) is 0 Å². The number of aryl methyl sites for hydroxylation is 1. The molecular formula is C12H14FN3O. The van der Waals surface area contributed by atoms with Crippen LogP contribution in [0.5, 0.6) is 5.75 Å². The third kappa shape index (κ3) is 2.01. The molecule has 2 rings (SSSR count). The molecule has 2 N–H and O–H groups in total. The van der Waals surface area contributed by atoms with Gasteiger partial charge >= 0.3 is 0 Å². The van der Waals surface area contributed by atoms with Crippen LogP contribution in [-0.4, -0.2) is 16.7 Å². The fourth-order valence-electron chi connectivity index (χ4n) is 1.79. The Morgan fingerprint density at radius 2 is 2.24 bits per heavy atom. The molecule has 17 heavy (non-hydrogen) atoms. The summed E-state index contributed by atoms with van der Waals surface area (Å²) in [6.07, 6.45) is 1.65. The Morgan fingerprint density at radius 1 is 1.47 bits per heavy atom. The number of nitrogens with two attached hydrogens (primary N) is 1. The summed E-state index contributed by atoms with van der Waals surface area (Å²) in [5.74, 6) is 0.259. The smallest absolute Gasteiger partial charge is 0.128 e. The van der Waals surface area contributed by atoms with E-state index >= 15 is 0 Å². The van der Waals surface area contributed by atoms with Gasteiger partial charge in [-0.3, -0.25) is 0 Å². The zero-order chi connectivity index (χ0) is 12.4. The van der Waals surface area contributed by atoms with Crippen molar-refractivity contribution in [1.29, 1.82) is 0 Å². The number of benzene rings is 1. The van der Waals surface area contributed by atoms with Crippen molar-refractivity contribution >= 4 is 0 Å². The number of rotatable bonds is 3. The van der Waals surface area contributed by atoms with Gasteiger partial charge in [0.1, 0.15) is 11.6 Å². The van der Waals surface area contributed by atoms with Crippen LogP contribution in [0.2, 0.25) is 0 Å². The SMILES string of the molecule is COc1ccc(F)cc1-c1ncn(C)c1CN. The van der Waals surface area contributed by atoms with Gasteiger partial charge < -0.3 is 15.0 Å². The van der Waals surface area contributed by atoms with Crippen LogP contribution in [-0.2, 0) is 13.6 Å². The third-order valence-electron chi connectivity index (χ3n) is 2.67. The molecule has 0 amide bonds. The Morgan fingerprint density at radius 3 is 2.88 bits per heavy atom. The van der Waals surface area contributed by atoms with Crippen molar-refractivity contribution in [2.45, 2.75) is 6.54 Å². The number of aromatic nitrogens is 2. The fourth-order valence-corrected chi connectivity index (χ4v) is 1.79. The molecular weight excluding hydrogens is 221 g/mol. The van der Waals surface area contributed by atoms with Gasteiger partial charge in [-0.15, -0.1) is 0 Å². The van der Waals surface area contributed by atoms with E-state index in [-0.39, 0.29) is 5.82 Å². The van der Waals surface area contributed by atoms with Gasteiger partial charge in [-0.25, -0.2) is 9.37 Å². The highest BCUT2D eigenvalue weighted by atomic mass is 19.1. The van der Waals surface area contributed by atoms with Gasteiger partial charge in [0.25, 0.3) is 0 Å². The van der Waals surface area contributed by atoms with E-state index in [9.17, 15) is 4.39 Å². The monoisotopic (exact) mass is 235 g/mol. The number of imidazole rings is 1. The lowest BCUT2D eigenvalue weighted by atomic mass is 10.1. The molecule has 0 bridgehead atoms. The van der Waals surface area contributed by atoms with E-state index in [1.165, 1.54) is 12.1 Å². The summed E-state index contributed by atoms with van der Waals surface area (Å²) in [6, 6.07) is 4.34. The minimum atomic E-state index is -0.325. The fraction of sp³-hybridized carbons (Fsp3) is 0.250. The van der Waals surface area contributed by atoms with Crippen molar-refractivity contribution in [1.82, 2.24) is 9.55 Å². The normalized spacial score (nSPS) is 10.6. The average Bonchev–Trinajstić information content (AvgIpc) is 2.70. The van der Waals surface area contributed by atoms with Crippen LogP contribution in [0.15, 0.2) is 24.5 Å². The first kappa shape index (κ1) is 11.6. The van der Waals surface area contributed by atoms with Crippen LogP contribution in [0.1, 0.15) is 5.69 Å². The van der Waals surface area contributed by atoms with Gasteiger partial charge in [0.2, 0.25) is 0 Å². The summed E-state index contributed by atoms with van der Waals surface area (Å²) in [6.45, 7) is 0.339. The molecule has 0 unspecified atom stereocenters. The van der Waals surface area contributed by atoms with Gasteiger partial charge in [0.15, 0.2) is 0 Å². The van der Waals surface area contributed by atoms with Crippen molar-refractivity contribution in [2.24, 2.45) is 12.8 Å². The lowest BCUT2D eigenvalue weighted by molar-refractivity contribution is 0.415. The second-order valence-corrected chi connectivity index (χ2v) is 3.70. The van der Waals surface area contributed by atoms with Gasteiger partial charge in [-0.05, 0) is 18.2 Å². The van der Waals surface area contributed by atoms with Crippen molar-refractivity contribution in [3.63, 3.8) is 0 Å². The summed E-state index contributed by atoms with van der Waals surface area (Å²) in [7, 11) is 3.40. The standard InChI is InChI=1S/C12H14FN3O/c1-16-7-15-12(10(16)6-14)9-5-8(13)3-4-11(9)17-2/h3-5,7H,6,14H2,1-2H3. The first-order valence-corrected chi connectivity index (χ1v) is 5.21. The molecule has 0 atom stereocenters. The quantitative estimate of drug-likeness (QED) is 0.880. The Balaban J connectivity index is 2.62. The Kier molecular flexibility index (Phi) is 3.10. The zero-order valence-corrected chi connectivity index (χ0v) is 9.77. The molecule has 0 fully saturated rings. The molecule has 1 aromatic heterocycles. The first-order valence-electron chi connectivity index (χ1n) is 5.21. The molecule has 0 saturated heterocycles. The Labute approximate surface area is 98.8 Å². The molecule has 0 aliphatic heterocycles. The van der Waals surface area contributed by atoms with E-state index in [2.05, 4.69) is 4.98 Å². The van der Waals surface area contributed by atoms with Gasteiger partial charge in [-0.2, -0.15) is 0 Å². The molecule has 2 aromatic rings. The summed E-state index contributed by atoms with van der Waals surface area (Å²) in [4.78, 5) is 4.24. The second kappa shape index (κ2) is 4.55. The van der Waals surface area contributed by atoms with E-state index in [1.54, 1.807) is 19.5 Å². The van der Waals surface area contributed by atoms with Gasteiger partial charge in [0, 0.05) is 19.2 Å². The zero-order valence-electron chi connectivity index (χ0n) is 9.77. The maximum atomic E-state index is 13.3. The summed E-state index contributed by atoms with van der Waals surface area (Å²) in [5, 5.41) is 0. The van der Waals surface area contributed by atoms with Gasteiger partial charge in [-0.1, -0.05) is 0 Å². The molecule has 1 heterocycles. The highest BCUT2D eigenvalue weighted by Crippen LogP contribution is 2.31. The molecule has 0 aliphatic rings. The molecule has 0 saturated carbocycles. The number of hydrogen-bond acceptors (Lipinski definition) is 3. The second-order valence-electron chi connectivity index (χ2n) is 3.70. The third-order valence-corrected chi connectivity index (χ3v) is 2.67. The van der Waals surface area contributed by atoms with E-state index in [4.69, 9.17) is 10.5 Å². The van der Waals surface area contributed by atoms with E-state index < -0.39 is 0 Å². The minimum absolute atomic E-state index is 0.325. The summed E-state index contributed by atoms with van der Waals surface area (Å²) < 4.78 is 20.3. The van der Waals surface area contributed by atoms with Crippen LogP contribution in [0.25, 0.3) is 11.3 Å². The maximum absolute atomic E-state index is 13.3. The predicted octanol–water partition coefficient (Wildman–Crippen LogP) is 1.69. The van der Waals surface area contributed by atoms with Crippen molar-refractivity contribution in [3.8, 4) is 17.0 Å². The molecule has 1 aromatic carbocycles. The molecule has 5 heteroatoms. The molecule has 0 aliphatic carbocycles. The molecule has 4 nitrogen and oxygen atoms in total. The van der Waals surface area contributed by atoms with Crippen LogP contribution in [0, 0.1) is 5.82 Å². The number of methoxy groups -OCH3 is 1. The molecule has 0 radical (unpaired) electrons. The Bertz CT molecular complexity index is 537. The van der Waals surface area contributed by atoms with Crippen LogP contribution in [0.4, 0.5) is 4.39 Å². The highest BCUT2D eigenvalue weighted by Gasteiger charge is 2.14. The number of nitrogens with zero attached hydrogens (tertiary/aromatic N) is 2. The van der Waals surface area contributed by atoms with E-state index in [1.807, 2.05) is 11.6 Å². The van der Waals surface area contributed by atoms with E-state index in [0.29, 0.717) is 23.6 Å². The van der Waals surface area contributed by atoms with E-state index in [0.717, 1.165) is 5.69 Å². The summed E-state index contributed by atoms with van der Waals surface area (Å²) in [5.41, 5.74) is 7.79. The molecule has 0 spiro atoms. The topological polar surface area (TPSA) is 53.1 Å². The first-order chi connectivity index (χ1) is 8.17.